The van der Waals surface area contributed by atoms with Crippen LogP contribution in [0.4, 0.5) is 28.9 Å². The lowest BCUT2D eigenvalue weighted by atomic mass is 10.1. The molecule has 1 unspecified atom stereocenters. The second-order valence-corrected chi connectivity index (χ2v) is 5.41. The van der Waals surface area contributed by atoms with Crippen LogP contribution in [0.1, 0.15) is 18.1 Å². The number of hydrogen-bond acceptors (Lipinski definition) is 2. The molecule has 0 amide bonds. The molecule has 1 heterocycles. The fraction of sp³-hybridized carbons (Fsp3) is 0.235. The van der Waals surface area contributed by atoms with Gasteiger partial charge in [0.1, 0.15) is 12.0 Å². The maximum absolute atomic E-state index is 14.1. The molecule has 0 N–H and O–H groups in total. The molecule has 6 heteroatoms. The van der Waals surface area contributed by atoms with Crippen LogP contribution in [0.5, 0.6) is 0 Å². The average Bonchev–Trinajstić information content (AvgIpc) is 2.91. The van der Waals surface area contributed by atoms with Gasteiger partial charge < -0.3 is 9.69 Å². The van der Waals surface area contributed by atoms with Gasteiger partial charge in [0, 0.05) is 18.2 Å². The van der Waals surface area contributed by atoms with Gasteiger partial charge in [0.05, 0.1) is 6.04 Å². The fourth-order valence-corrected chi connectivity index (χ4v) is 2.92. The number of aryl methyl sites for hydroxylation is 1. The third-order valence-electron chi connectivity index (χ3n) is 4.06. The molecular weight excluding hydrogens is 310 g/mol. The van der Waals surface area contributed by atoms with Gasteiger partial charge in [0.25, 0.3) is 0 Å². The van der Waals surface area contributed by atoms with Gasteiger partial charge >= 0.3 is 0 Å². The molecule has 0 spiro atoms. The van der Waals surface area contributed by atoms with Crippen LogP contribution in [0.2, 0.25) is 0 Å². The Kier molecular flexibility index (Phi) is 3.83. The van der Waals surface area contributed by atoms with Gasteiger partial charge in [0.2, 0.25) is 0 Å². The summed E-state index contributed by atoms with van der Waals surface area (Å²) in [5.41, 5.74) is 1.22. The number of anilines is 2. The van der Waals surface area contributed by atoms with Crippen LogP contribution in [0.3, 0.4) is 0 Å². The molecule has 1 aliphatic heterocycles. The number of aldehydes is 1. The zero-order chi connectivity index (χ0) is 16.7. The molecule has 23 heavy (non-hydrogen) atoms. The number of hydrogen-bond donors (Lipinski definition) is 0. The molecule has 0 aliphatic carbocycles. The molecule has 3 rings (SSSR count). The number of nitrogens with zero attached hydrogens (tertiary/aromatic N) is 1. The lowest BCUT2D eigenvalue weighted by molar-refractivity contribution is -0.108. The predicted octanol–water partition coefficient (Wildman–Crippen LogP) is 4.07. The van der Waals surface area contributed by atoms with Gasteiger partial charge in [-0.3, -0.25) is 0 Å². The number of rotatable bonds is 3. The van der Waals surface area contributed by atoms with Crippen molar-refractivity contribution in [3.05, 3.63) is 58.7 Å². The third kappa shape index (κ3) is 2.38. The van der Waals surface area contributed by atoms with Crippen LogP contribution < -0.4 is 4.90 Å². The van der Waals surface area contributed by atoms with Crippen molar-refractivity contribution in [3.8, 4) is 0 Å². The Morgan fingerprint density at radius 2 is 1.78 bits per heavy atom. The molecule has 2 aromatic carbocycles. The quantitative estimate of drug-likeness (QED) is 0.482. The van der Waals surface area contributed by atoms with E-state index in [0.717, 1.165) is 16.9 Å². The summed E-state index contributed by atoms with van der Waals surface area (Å²) in [7, 11) is 0. The Morgan fingerprint density at radius 3 is 2.35 bits per heavy atom. The Balaban J connectivity index is 2.22. The predicted molar refractivity (Wildman–Crippen MR) is 77.8 cm³/mol. The number of carbonyl (C=O) groups excluding carboxylic acids is 1. The lowest BCUT2D eigenvalue weighted by Gasteiger charge is -2.25. The Labute approximate surface area is 130 Å². The molecule has 2 aromatic rings. The number of halogens is 4. The second kappa shape index (κ2) is 5.68. The first-order valence-corrected chi connectivity index (χ1v) is 7.17. The van der Waals surface area contributed by atoms with Crippen LogP contribution in [0.25, 0.3) is 0 Å². The summed E-state index contributed by atoms with van der Waals surface area (Å²) in [6.45, 7) is 1.95. The highest BCUT2D eigenvalue weighted by atomic mass is 19.2. The minimum Gasteiger partial charge on any atom is -0.326 e. The van der Waals surface area contributed by atoms with E-state index in [-0.39, 0.29) is 12.5 Å². The van der Waals surface area contributed by atoms with Gasteiger partial charge in [-0.25, -0.2) is 17.6 Å². The van der Waals surface area contributed by atoms with Crippen LogP contribution in [0, 0.1) is 23.3 Å². The van der Waals surface area contributed by atoms with E-state index in [4.69, 9.17) is 0 Å². The number of fused-ring (bicyclic) bond motifs is 1. The Hall–Kier alpha value is -2.37. The maximum Gasteiger partial charge on any atom is 0.185 e. The van der Waals surface area contributed by atoms with Gasteiger partial charge in [-0.05, 0) is 23.6 Å². The summed E-state index contributed by atoms with van der Waals surface area (Å²) >= 11 is 0. The molecule has 0 saturated heterocycles. The molecule has 120 valence electrons. The standard InChI is InChI=1S/C17H13F4NO/c1-2-9-3-4-14-10(5-9)6-11(8-23)22(14)17-15(20)12(18)7-13(19)16(17)21/h3-5,7-8,11H,2,6H2,1H3. The maximum atomic E-state index is 14.1. The third-order valence-corrected chi connectivity index (χ3v) is 4.06. The summed E-state index contributed by atoms with van der Waals surface area (Å²) in [6, 6.07) is 4.44. The number of carbonyl (C=O) groups is 1. The van der Waals surface area contributed by atoms with Crippen LogP contribution in [-0.4, -0.2) is 12.3 Å². The summed E-state index contributed by atoms with van der Waals surface area (Å²) < 4.78 is 55.2. The van der Waals surface area contributed by atoms with Crippen LogP contribution >= 0.6 is 0 Å². The topological polar surface area (TPSA) is 20.3 Å². The summed E-state index contributed by atoms with van der Waals surface area (Å²) in [5, 5.41) is 0. The molecule has 1 atom stereocenters. The van der Waals surface area contributed by atoms with Crippen molar-refractivity contribution in [1.82, 2.24) is 0 Å². The summed E-state index contributed by atoms with van der Waals surface area (Å²) in [6.07, 6.45) is 1.51. The van der Waals surface area contributed by atoms with Gasteiger partial charge in [-0.2, -0.15) is 0 Å². The molecular formula is C17H13F4NO. The summed E-state index contributed by atoms with van der Waals surface area (Å²) in [5.74, 6) is -6.02. The van der Waals surface area contributed by atoms with Crippen molar-refractivity contribution in [3.63, 3.8) is 0 Å². The van der Waals surface area contributed by atoms with E-state index in [1.807, 2.05) is 13.0 Å². The highest BCUT2D eigenvalue weighted by molar-refractivity contribution is 5.81. The van der Waals surface area contributed by atoms with E-state index in [0.29, 0.717) is 17.5 Å². The molecule has 1 aliphatic rings. The van der Waals surface area contributed by atoms with E-state index < -0.39 is 35.0 Å². The molecule has 0 radical (unpaired) electrons. The largest absolute Gasteiger partial charge is 0.326 e. The molecule has 0 aromatic heterocycles. The van der Waals surface area contributed by atoms with E-state index >= 15 is 0 Å². The van der Waals surface area contributed by atoms with Crippen LogP contribution in [-0.2, 0) is 17.6 Å². The van der Waals surface area contributed by atoms with Gasteiger partial charge in [0.15, 0.2) is 23.3 Å². The van der Waals surface area contributed by atoms with Crippen LogP contribution in [0.15, 0.2) is 24.3 Å². The highest BCUT2D eigenvalue weighted by Gasteiger charge is 2.35. The summed E-state index contributed by atoms with van der Waals surface area (Å²) in [4.78, 5) is 12.4. The monoisotopic (exact) mass is 323 g/mol. The van der Waals surface area contributed by atoms with Gasteiger partial charge in [-0.1, -0.05) is 19.1 Å². The first kappa shape index (κ1) is 15.5. The zero-order valence-corrected chi connectivity index (χ0v) is 12.2. The van der Waals surface area contributed by atoms with Crippen molar-refractivity contribution < 1.29 is 22.4 Å². The Morgan fingerprint density at radius 1 is 1.13 bits per heavy atom. The van der Waals surface area contributed by atoms with Crippen molar-refractivity contribution in [1.29, 1.82) is 0 Å². The molecule has 0 bridgehead atoms. The Bertz CT molecular complexity index is 764. The van der Waals surface area contributed by atoms with E-state index in [1.165, 1.54) is 0 Å². The zero-order valence-electron chi connectivity index (χ0n) is 12.2. The van der Waals surface area contributed by atoms with E-state index in [9.17, 15) is 22.4 Å². The highest BCUT2D eigenvalue weighted by Crippen LogP contribution is 2.41. The molecule has 0 fully saturated rings. The van der Waals surface area contributed by atoms with E-state index in [2.05, 4.69) is 0 Å². The molecule has 2 nitrogen and oxygen atoms in total. The van der Waals surface area contributed by atoms with Crippen molar-refractivity contribution >= 4 is 17.7 Å². The lowest BCUT2D eigenvalue weighted by Crippen LogP contribution is -2.30. The number of benzene rings is 2. The van der Waals surface area contributed by atoms with Crippen molar-refractivity contribution in [2.45, 2.75) is 25.8 Å². The van der Waals surface area contributed by atoms with Crippen molar-refractivity contribution in [2.75, 3.05) is 4.90 Å². The minimum atomic E-state index is -1.51. The fourth-order valence-electron chi connectivity index (χ4n) is 2.92. The smallest absolute Gasteiger partial charge is 0.185 e. The van der Waals surface area contributed by atoms with E-state index in [1.54, 1.807) is 12.1 Å². The SMILES string of the molecule is CCc1ccc2c(c1)CC(C=O)N2c1c(F)c(F)cc(F)c1F. The minimum absolute atomic E-state index is 0.154. The normalized spacial score (nSPS) is 16.6. The van der Waals surface area contributed by atoms with Gasteiger partial charge in [-0.15, -0.1) is 0 Å². The average molecular weight is 323 g/mol. The first-order chi connectivity index (χ1) is 11.0. The molecule has 0 saturated carbocycles. The van der Waals surface area contributed by atoms with Crippen molar-refractivity contribution in [2.24, 2.45) is 0 Å². The first-order valence-electron chi connectivity index (χ1n) is 7.17. The second-order valence-electron chi connectivity index (χ2n) is 5.41.